The third-order valence-corrected chi connectivity index (χ3v) is 5.67. The Morgan fingerprint density at radius 1 is 1.14 bits per heavy atom. The van der Waals surface area contributed by atoms with Gasteiger partial charge in [0.2, 0.25) is 0 Å². The lowest BCUT2D eigenvalue weighted by Gasteiger charge is -2.12. The Balaban J connectivity index is 2.04. The van der Waals surface area contributed by atoms with E-state index in [1.165, 1.54) is 39.5 Å². The minimum Gasteiger partial charge on any atom is -0.497 e. The first-order chi connectivity index (χ1) is 10.7. The standard InChI is InChI=1S/C19H21NOSi/c1-21-14-8-9-17-16(11-14)19-15-7-5-4-6-13(15)10-18(19)20(17)12-22(2)3/h4-9,11,22H,10,12H2,1-3H3. The van der Waals surface area contributed by atoms with E-state index >= 15 is 0 Å². The second-order valence-corrected chi connectivity index (χ2v) is 9.70. The molecule has 2 aromatic carbocycles. The summed E-state index contributed by atoms with van der Waals surface area (Å²) in [5.74, 6) is 0.943. The molecule has 112 valence electrons. The molecule has 4 rings (SSSR count). The van der Waals surface area contributed by atoms with Gasteiger partial charge in [0.1, 0.15) is 5.75 Å². The van der Waals surface area contributed by atoms with E-state index in [9.17, 15) is 0 Å². The average Bonchev–Trinajstić information content (AvgIpc) is 3.03. The molecule has 0 spiro atoms. The van der Waals surface area contributed by atoms with Crippen LogP contribution in [-0.2, 0) is 12.6 Å². The maximum Gasteiger partial charge on any atom is 0.119 e. The molecule has 3 heteroatoms. The fourth-order valence-corrected chi connectivity index (χ4v) is 4.82. The Hall–Kier alpha value is -2.00. The molecule has 0 amide bonds. The van der Waals surface area contributed by atoms with Gasteiger partial charge in [-0.25, -0.2) is 0 Å². The van der Waals surface area contributed by atoms with Crippen LogP contribution in [0.15, 0.2) is 42.5 Å². The first-order valence-electron chi connectivity index (χ1n) is 7.96. The van der Waals surface area contributed by atoms with Gasteiger partial charge in [-0.1, -0.05) is 37.4 Å². The summed E-state index contributed by atoms with van der Waals surface area (Å²) in [6, 6.07) is 15.3. The zero-order chi connectivity index (χ0) is 15.3. The Morgan fingerprint density at radius 2 is 1.95 bits per heavy atom. The molecule has 0 N–H and O–H groups in total. The summed E-state index contributed by atoms with van der Waals surface area (Å²) < 4.78 is 8.03. The SMILES string of the molecule is COc1ccc2c(c1)c1c(n2C[SiH](C)C)Cc2ccccc2-1. The lowest BCUT2D eigenvalue weighted by atomic mass is 10.0. The van der Waals surface area contributed by atoms with Crippen LogP contribution in [0.5, 0.6) is 5.75 Å². The first kappa shape index (κ1) is 13.6. The summed E-state index contributed by atoms with van der Waals surface area (Å²) in [5.41, 5.74) is 7.14. The molecule has 22 heavy (non-hydrogen) atoms. The molecule has 3 aromatic rings. The monoisotopic (exact) mass is 307 g/mol. The van der Waals surface area contributed by atoms with Gasteiger partial charge in [0.15, 0.2) is 0 Å². The number of aromatic nitrogens is 1. The number of hydrogen-bond donors (Lipinski definition) is 0. The van der Waals surface area contributed by atoms with Gasteiger partial charge in [-0.3, -0.25) is 0 Å². The van der Waals surface area contributed by atoms with E-state index in [-0.39, 0.29) is 0 Å². The largest absolute Gasteiger partial charge is 0.497 e. The fraction of sp³-hybridized carbons (Fsp3) is 0.263. The molecule has 1 aromatic heterocycles. The van der Waals surface area contributed by atoms with E-state index < -0.39 is 8.80 Å². The zero-order valence-corrected chi connectivity index (χ0v) is 14.5. The van der Waals surface area contributed by atoms with Crippen LogP contribution in [0, 0.1) is 0 Å². The highest BCUT2D eigenvalue weighted by molar-refractivity contribution is 6.54. The van der Waals surface area contributed by atoms with E-state index in [1.54, 1.807) is 7.11 Å². The van der Waals surface area contributed by atoms with Crippen LogP contribution in [0.4, 0.5) is 0 Å². The molecule has 1 aliphatic rings. The quantitative estimate of drug-likeness (QED) is 0.516. The Labute approximate surface area is 132 Å². The number of fused-ring (bicyclic) bond motifs is 5. The molecular formula is C19H21NOSi. The molecule has 0 atom stereocenters. The van der Waals surface area contributed by atoms with Crippen LogP contribution in [0.25, 0.3) is 22.0 Å². The highest BCUT2D eigenvalue weighted by Crippen LogP contribution is 2.44. The van der Waals surface area contributed by atoms with Crippen molar-refractivity contribution in [3.05, 3.63) is 53.7 Å². The molecule has 0 saturated carbocycles. The predicted molar refractivity (Wildman–Crippen MR) is 95.6 cm³/mol. The normalized spacial score (nSPS) is 12.7. The van der Waals surface area contributed by atoms with Crippen molar-refractivity contribution >= 4 is 19.7 Å². The van der Waals surface area contributed by atoms with Crippen molar-refractivity contribution in [1.82, 2.24) is 4.57 Å². The van der Waals surface area contributed by atoms with Crippen molar-refractivity contribution in [2.75, 3.05) is 7.11 Å². The smallest absolute Gasteiger partial charge is 0.119 e. The van der Waals surface area contributed by atoms with Crippen molar-refractivity contribution in [2.45, 2.75) is 25.7 Å². The van der Waals surface area contributed by atoms with Gasteiger partial charge in [-0.2, -0.15) is 0 Å². The van der Waals surface area contributed by atoms with Crippen LogP contribution < -0.4 is 4.74 Å². The van der Waals surface area contributed by atoms with E-state index in [2.05, 4.69) is 60.1 Å². The van der Waals surface area contributed by atoms with Gasteiger partial charge in [0, 0.05) is 34.7 Å². The van der Waals surface area contributed by atoms with E-state index in [1.807, 2.05) is 0 Å². The van der Waals surface area contributed by atoms with Crippen molar-refractivity contribution in [1.29, 1.82) is 0 Å². The summed E-state index contributed by atoms with van der Waals surface area (Å²) >= 11 is 0. The average molecular weight is 307 g/mol. The van der Waals surface area contributed by atoms with Gasteiger partial charge in [-0.05, 0) is 29.3 Å². The molecule has 0 aliphatic heterocycles. The summed E-state index contributed by atoms with van der Waals surface area (Å²) in [5, 5.41) is 1.34. The lowest BCUT2D eigenvalue weighted by molar-refractivity contribution is 0.415. The highest BCUT2D eigenvalue weighted by Gasteiger charge is 2.26. The summed E-state index contributed by atoms with van der Waals surface area (Å²) in [7, 11) is 1.05. The topological polar surface area (TPSA) is 14.2 Å². The van der Waals surface area contributed by atoms with Crippen LogP contribution >= 0.6 is 0 Å². The number of methoxy groups -OCH3 is 1. The molecule has 2 nitrogen and oxygen atoms in total. The molecule has 0 unspecified atom stereocenters. The minimum atomic E-state index is -0.691. The second kappa shape index (κ2) is 5.02. The van der Waals surface area contributed by atoms with Crippen LogP contribution in [0.3, 0.4) is 0 Å². The molecule has 0 saturated heterocycles. The number of hydrogen-bond acceptors (Lipinski definition) is 1. The molecule has 0 radical (unpaired) electrons. The highest BCUT2D eigenvalue weighted by atomic mass is 28.3. The lowest BCUT2D eigenvalue weighted by Crippen LogP contribution is -2.14. The molecule has 0 bridgehead atoms. The number of ether oxygens (including phenoxy) is 1. The first-order valence-corrected chi connectivity index (χ1v) is 11.1. The van der Waals surface area contributed by atoms with Gasteiger partial charge in [-0.15, -0.1) is 0 Å². The number of nitrogens with zero attached hydrogens (tertiary/aromatic N) is 1. The second-order valence-electron chi connectivity index (χ2n) is 6.54. The number of benzene rings is 2. The zero-order valence-electron chi connectivity index (χ0n) is 13.4. The van der Waals surface area contributed by atoms with Crippen LogP contribution in [0.1, 0.15) is 11.3 Å². The van der Waals surface area contributed by atoms with Gasteiger partial charge >= 0.3 is 0 Å². The van der Waals surface area contributed by atoms with Gasteiger partial charge < -0.3 is 9.30 Å². The maximum absolute atomic E-state index is 5.46. The maximum atomic E-state index is 5.46. The van der Waals surface area contributed by atoms with E-state index in [4.69, 9.17) is 4.74 Å². The van der Waals surface area contributed by atoms with Crippen molar-refractivity contribution < 1.29 is 4.74 Å². The van der Waals surface area contributed by atoms with Crippen molar-refractivity contribution in [2.24, 2.45) is 0 Å². The summed E-state index contributed by atoms with van der Waals surface area (Å²) in [6.07, 6.45) is 2.26. The predicted octanol–water partition coefficient (Wildman–Crippen LogP) is 4.25. The number of rotatable bonds is 3. The molecule has 1 aliphatic carbocycles. The summed E-state index contributed by atoms with van der Waals surface area (Å²) in [6.45, 7) is 4.84. The third kappa shape index (κ3) is 1.92. The van der Waals surface area contributed by atoms with Gasteiger partial charge in [0.25, 0.3) is 0 Å². The Morgan fingerprint density at radius 3 is 2.73 bits per heavy atom. The van der Waals surface area contributed by atoms with Crippen molar-refractivity contribution in [3.8, 4) is 16.9 Å². The minimum absolute atomic E-state index is 0.691. The van der Waals surface area contributed by atoms with Gasteiger partial charge in [0.05, 0.1) is 15.9 Å². The molecule has 1 heterocycles. The molecule has 0 fully saturated rings. The Kier molecular flexibility index (Phi) is 3.12. The van der Waals surface area contributed by atoms with Crippen LogP contribution in [-0.4, -0.2) is 20.5 Å². The van der Waals surface area contributed by atoms with E-state index in [0.29, 0.717) is 0 Å². The van der Waals surface area contributed by atoms with Crippen LogP contribution in [0.2, 0.25) is 13.1 Å². The fourth-order valence-electron chi connectivity index (χ4n) is 3.67. The Bertz CT molecular complexity index is 863. The van der Waals surface area contributed by atoms with Crippen molar-refractivity contribution in [3.63, 3.8) is 0 Å². The molecular weight excluding hydrogens is 286 g/mol. The third-order valence-electron chi connectivity index (χ3n) is 4.57. The summed E-state index contributed by atoms with van der Waals surface area (Å²) in [4.78, 5) is 0. The van der Waals surface area contributed by atoms with E-state index in [0.717, 1.165) is 12.2 Å².